The van der Waals surface area contributed by atoms with Gasteiger partial charge in [0.25, 0.3) is 0 Å². The second kappa shape index (κ2) is 4.36. The van der Waals surface area contributed by atoms with Crippen LogP contribution in [0.4, 0.5) is 11.6 Å². The van der Waals surface area contributed by atoms with E-state index in [1.165, 1.54) is 0 Å². The third-order valence-electron chi connectivity index (χ3n) is 2.42. The number of hydrogen-bond acceptors (Lipinski definition) is 6. The summed E-state index contributed by atoms with van der Waals surface area (Å²) in [6.45, 7) is 1.71. The van der Waals surface area contributed by atoms with Crippen LogP contribution in [-0.4, -0.2) is 27.8 Å². The van der Waals surface area contributed by atoms with Gasteiger partial charge in [-0.3, -0.25) is 14.9 Å². The molecule has 1 aromatic heterocycles. The zero-order valence-corrected chi connectivity index (χ0v) is 9.36. The lowest BCUT2D eigenvalue weighted by Crippen LogP contribution is -2.47. The van der Waals surface area contributed by atoms with E-state index in [0.29, 0.717) is 30.3 Å². The third kappa shape index (κ3) is 2.68. The molecule has 1 saturated heterocycles. The quantitative estimate of drug-likeness (QED) is 0.601. The molecular formula is C10H13N5O2. The number of imide groups is 1. The Morgan fingerprint density at radius 3 is 2.88 bits per heavy atom. The Kier molecular flexibility index (Phi) is 2.90. The molecule has 4 N–H and O–H groups in total. The fraction of sp³-hybridized carbons (Fsp3) is 0.400. The van der Waals surface area contributed by atoms with Crippen LogP contribution in [0.5, 0.6) is 0 Å². The summed E-state index contributed by atoms with van der Waals surface area (Å²) in [5, 5.41) is 5.20. The maximum atomic E-state index is 11.5. The number of nitrogen functional groups attached to an aromatic ring is 1. The van der Waals surface area contributed by atoms with E-state index in [9.17, 15) is 9.59 Å². The number of aryl methyl sites for hydroxylation is 1. The minimum Gasteiger partial charge on any atom is -0.384 e. The molecule has 17 heavy (non-hydrogen) atoms. The Hall–Kier alpha value is -2.18. The largest absolute Gasteiger partial charge is 0.384 e. The summed E-state index contributed by atoms with van der Waals surface area (Å²) in [4.78, 5) is 30.5. The van der Waals surface area contributed by atoms with Crippen LogP contribution >= 0.6 is 0 Å². The van der Waals surface area contributed by atoms with Gasteiger partial charge in [0, 0.05) is 12.5 Å². The van der Waals surface area contributed by atoms with Gasteiger partial charge in [-0.25, -0.2) is 9.97 Å². The second-order valence-corrected chi connectivity index (χ2v) is 3.87. The highest BCUT2D eigenvalue weighted by Gasteiger charge is 2.26. The third-order valence-corrected chi connectivity index (χ3v) is 2.42. The van der Waals surface area contributed by atoms with Crippen LogP contribution in [0.15, 0.2) is 6.07 Å². The van der Waals surface area contributed by atoms with Crippen molar-refractivity contribution in [1.82, 2.24) is 15.3 Å². The normalized spacial score (nSPS) is 19.9. The molecule has 7 heteroatoms. The van der Waals surface area contributed by atoms with Crippen LogP contribution in [-0.2, 0) is 9.59 Å². The number of piperidine rings is 1. The van der Waals surface area contributed by atoms with Gasteiger partial charge in [0.1, 0.15) is 23.5 Å². The summed E-state index contributed by atoms with van der Waals surface area (Å²) in [5.74, 6) is 0.777. The van der Waals surface area contributed by atoms with E-state index in [0.717, 1.165) is 0 Å². The number of carbonyl (C=O) groups is 2. The van der Waals surface area contributed by atoms with E-state index in [2.05, 4.69) is 20.6 Å². The van der Waals surface area contributed by atoms with Crippen molar-refractivity contribution in [3.8, 4) is 0 Å². The summed E-state index contributed by atoms with van der Waals surface area (Å²) in [5.41, 5.74) is 5.58. The Balaban J connectivity index is 2.10. The summed E-state index contributed by atoms with van der Waals surface area (Å²) in [6, 6.07) is 1.10. The van der Waals surface area contributed by atoms with E-state index >= 15 is 0 Å². The molecule has 0 radical (unpaired) electrons. The Labute approximate surface area is 97.8 Å². The Bertz CT molecular complexity index is 454. The minimum absolute atomic E-state index is 0.244. The average molecular weight is 235 g/mol. The number of nitrogens with zero attached hydrogens (tertiary/aromatic N) is 2. The van der Waals surface area contributed by atoms with Crippen LogP contribution in [0.25, 0.3) is 0 Å². The van der Waals surface area contributed by atoms with Crippen molar-refractivity contribution in [2.45, 2.75) is 25.8 Å². The zero-order valence-electron chi connectivity index (χ0n) is 9.36. The van der Waals surface area contributed by atoms with Gasteiger partial charge in [-0.1, -0.05) is 0 Å². The lowest BCUT2D eigenvalue weighted by Gasteiger charge is -2.22. The van der Waals surface area contributed by atoms with Crippen molar-refractivity contribution in [2.75, 3.05) is 11.1 Å². The molecule has 0 aliphatic carbocycles. The van der Waals surface area contributed by atoms with Crippen molar-refractivity contribution in [2.24, 2.45) is 0 Å². The van der Waals surface area contributed by atoms with E-state index in [-0.39, 0.29) is 11.8 Å². The van der Waals surface area contributed by atoms with Crippen LogP contribution in [0.3, 0.4) is 0 Å². The molecule has 90 valence electrons. The standard InChI is InChI=1S/C10H13N5O2/c1-5-12-7(11)4-8(13-5)14-6-2-3-9(16)15-10(6)17/h4,6H,2-3H2,1H3,(H,15,16,17)(H3,11,12,13,14). The monoisotopic (exact) mass is 235 g/mol. The minimum atomic E-state index is -0.457. The molecule has 1 atom stereocenters. The van der Waals surface area contributed by atoms with Gasteiger partial charge < -0.3 is 11.1 Å². The highest BCUT2D eigenvalue weighted by Crippen LogP contribution is 2.13. The van der Waals surface area contributed by atoms with Gasteiger partial charge in [-0.15, -0.1) is 0 Å². The van der Waals surface area contributed by atoms with Crippen molar-refractivity contribution < 1.29 is 9.59 Å². The summed E-state index contributed by atoms with van der Waals surface area (Å²) in [6.07, 6.45) is 0.774. The van der Waals surface area contributed by atoms with Crippen molar-refractivity contribution in [3.05, 3.63) is 11.9 Å². The first-order valence-corrected chi connectivity index (χ1v) is 5.26. The molecule has 0 spiro atoms. The molecule has 1 aromatic rings. The van der Waals surface area contributed by atoms with E-state index < -0.39 is 6.04 Å². The molecule has 2 amide bonds. The predicted molar refractivity (Wildman–Crippen MR) is 61.0 cm³/mol. The molecule has 2 heterocycles. The van der Waals surface area contributed by atoms with Gasteiger partial charge in [0.15, 0.2) is 0 Å². The van der Waals surface area contributed by atoms with Gasteiger partial charge in [0.05, 0.1) is 0 Å². The first-order valence-electron chi connectivity index (χ1n) is 5.26. The molecule has 1 fully saturated rings. The van der Waals surface area contributed by atoms with Crippen molar-refractivity contribution in [3.63, 3.8) is 0 Å². The number of aromatic nitrogens is 2. The van der Waals surface area contributed by atoms with Crippen molar-refractivity contribution >= 4 is 23.5 Å². The van der Waals surface area contributed by atoms with E-state index in [1.54, 1.807) is 13.0 Å². The highest BCUT2D eigenvalue weighted by atomic mass is 16.2. The topological polar surface area (TPSA) is 110 Å². The molecular weight excluding hydrogens is 222 g/mol. The second-order valence-electron chi connectivity index (χ2n) is 3.87. The molecule has 0 bridgehead atoms. The smallest absolute Gasteiger partial charge is 0.249 e. The first-order chi connectivity index (χ1) is 8.04. The van der Waals surface area contributed by atoms with Gasteiger partial charge in [-0.05, 0) is 13.3 Å². The van der Waals surface area contributed by atoms with Gasteiger partial charge >= 0.3 is 0 Å². The van der Waals surface area contributed by atoms with Gasteiger partial charge in [0.2, 0.25) is 11.8 Å². The number of nitrogens with one attached hydrogen (secondary N) is 2. The fourth-order valence-electron chi connectivity index (χ4n) is 1.67. The molecule has 1 unspecified atom stereocenters. The first kappa shape index (κ1) is 11.3. The Morgan fingerprint density at radius 2 is 2.24 bits per heavy atom. The average Bonchev–Trinajstić information content (AvgIpc) is 2.21. The summed E-state index contributed by atoms with van der Waals surface area (Å²) in [7, 11) is 0. The number of rotatable bonds is 2. The lowest BCUT2D eigenvalue weighted by molar-refractivity contribution is -0.133. The molecule has 1 aliphatic heterocycles. The predicted octanol–water partition coefficient (Wildman–Crippen LogP) is -0.416. The summed E-state index contributed by atoms with van der Waals surface area (Å²) >= 11 is 0. The molecule has 0 saturated carbocycles. The number of hydrogen-bond donors (Lipinski definition) is 3. The molecule has 2 rings (SSSR count). The van der Waals surface area contributed by atoms with E-state index in [4.69, 9.17) is 5.73 Å². The molecule has 0 aromatic carbocycles. The van der Waals surface area contributed by atoms with Gasteiger partial charge in [-0.2, -0.15) is 0 Å². The van der Waals surface area contributed by atoms with Crippen LogP contribution in [0.1, 0.15) is 18.7 Å². The molecule has 1 aliphatic rings. The van der Waals surface area contributed by atoms with Crippen LogP contribution < -0.4 is 16.4 Å². The number of carbonyl (C=O) groups excluding carboxylic acids is 2. The number of nitrogens with two attached hydrogens (primary N) is 1. The van der Waals surface area contributed by atoms with Crippen LogP contribution in [0, 0.1) is 6.92 Å². The lowest BCUT2D eigenvalue weighted by atomic mass is 10.1. The molecule has 7 nitrogen and oxygen atoms in total. The highest BCUT2D eigenvalue weighted by molar-refractivity contribution is 6.01. The van der Waals surface area contributed by atoms with E-state index in [1.807, 2.05) is 0 Å². The zero-order chi connectivity index (χ0) is 12.4. The summed E-state index contributed by atoms with van der Waals surface area (Å²) < 4.78 is 0. The number of anilines is 2. The Morgan fingerprint density at radius 1 is 1.47 bits per heavy atom. The number of amides is 2. The maximum Gasteiger partial charge on any atom is 0.249 e. The maximum absolute atomic E-state index is 11.5. The van der Waals surface area contributed by atoms with Crippen molar-refractivity contribution in [1.29, 1.82) is 0 Å². The van der Waals surface area contributed by atoms with Crippen LogP contribution in [0.2, 0.25) is 0 Å². The fourth-order valence-corrected chi connectivity index (χ4v) is 1.67. The SMILES string of the molecule is Cc1nc(N)cc(NC2CCC(=O)NC2=O)n1.